The van der Waals surface area contributed by atoms with Crippen molar-refractivity contribution in [1.29, 1.82) is 0 Å². The van der Waals surface area contributed by atoms with Crippen LogP contribution in [0.25, 0.3) is 0 Å². The summed E-state index contributed by atoms with van der Waals surface area (Å²) in [6.45, 7) is 8.19. The first-order valence-corrected chi connectivity index (χ1v) is 7.64. The van der Waals surface area contributed by atoms with Gasteiger partial charge in [-0.1, -0.05) is 31.7 Å². The minimum Gasteiger partial charge on any atom is -0.365 e. The number of nitrogens with zero attached hydrogens (tertiary/aromatic N) is 1. The van der Waals surface area contributed by atoms with E-state index in [1.807, 2.05) is 24.8 Å². The van der Waals surface area contributed by atoms with Crippen LogP contribution in [0.2, 0.25) is 0 Å². The van der Waals surface area contributed by atoms with Crippen LogP contribution in [0.4, 0.5) is 4.39 Å². The first-order valence-electron chi connectivity index (χ1n) is 6.76. The highest BCUT2D eigenvalue weighted by Gasteiger charge is 2.21. The Morgan fingerprint density at radius 1 is 1.47 bits per heavy atom. The topological polar surface area (TPSA) is 24.4 Å². The molecule has 1 atom stereocenters. The van der Waals surface area contributed by atoms with E-state index in [4.69, 9.17) is 0 Å². The van der Waals surface area contributed by atoms with Gasteiger partial charge < -0.3 is 5.32 Å². The normalized spacial score (nSPS) is 18.8. The number of aryl methyl sites for hydroxylation is 1. The van der Waals surface area contributed by atoms with Gasteiger partial charge in [0.2, 0.25) is 0 Å². The molecular formula is C15H21FN2S. The SMILES string of the molecule is Cc1cc(F)ccc1CCNC1=NCC(C(C)C)S1. The number of hydrogen-bond donors (Lipinski definition) is 1. The number of amidine groups is 1. The number of aliphatic imine (C=N–C) groups is 1. The van der Waals surface area contributed by atoms with E-state index in [1.54, 1.807) is 6.07 Å². The molecule has 104 valence electrons. The lowest BCUT2D eigenvalue weighted by Gasteiger charge is -2.12. The van der Waals surface area contributed by atoms with Gasteiger partial charge in [-0.25, -0.2) is 4.39 Å². The molecule has 1 aliphatic rings. The first-order chi connectivity index (χ1) is 9.06. The zero-order chi connectivity index (χ0) is 13.8. The predicted molar refractivity (Wildman–Crippen MR) is 81.4 cm³/mol. The summed E-state index contributed by atoms with van der Waals surface area (Å²) in [5, 5.41) is 5.04. The molecule has 1 N–H and O–H groups in total. The molecule has 19 heavy (non-hydrogen) atoms. The largest absolute Gasteiger partial charge is 0.365 e. The Labute approximate surface area is 118 Å². The van der Waals surface area contributed by atoms with Gasteiger partial charge in [0.25, 0.3) is 0 Å². The van der Waals surface area contributed by atoms with Gasteiger partial charge in [-0.15, -0.1) is 0 Å². The third-order valence-electron chi connectivity index (χ3n) is 3.40. The summed E-state index contributed by atoms with van der Waals surface area (Å²) in [6, 6.07) is 4.98. The van der Waals surface area contributed by atoms with Crippen molar-refractivity contribution in [3.8, 4) is 0 Å². The van der Waals surface area contributed by atoms with Crippen molar-refractivity contribution in [2.24, 2.45) is 10.9 Å². The fourth-order valence-corrected chi connectivity index (χ4v) is 3.12. The first kappa shape index (κ1) is 14.4. The van der Waals surface area contributed by atoms with Gasteiger partial charge in [0, 0.05) is 11.8 Å². The fourth-order valence-electron chi connectivity index (χ4n) is 2.08. The average molecular weight is 280 g/mol. The van der Waals surface area contributed by atoms with Crippen LogP contribution in [0.5, 0.6) is 0 Å². The summed E-state index contributed by atoms with van der Waals surface area (Å²) >= 11 is 1.84. The standard InChI is InChI=1S/C15H21FN2S/c1-10(2)14-9-18-15(19-14)17-7-6-12-4-5-13(16)8-11(12)3/h4-5,8,10,14H,6-7,9H2,1-3H3,(H,17,18). The van der Waals surface area contributed by atoms with Gasteiger partial charge in [0.05, 0.1) is 6.54 Å². The number of nitrogens with one attached hydrogen (secondary N) is 1. The van der Waals surface area contributed by atoms with Gasteiger partial charge >= 0.3 is 0 Å². The number of rotatable bonds is 4. The summed E-state index contributed by atoms with van der Waals surface area (Å²) in [5.74, 6) is 0.497. The van der Waals surface area contributed by atoms with Crippen LogP contribution in [0, 0.1) is 18.7 Å². The molecule has 1 aromatic rings. The van der Waals surface area contributed by atoms with Crippen LogP contribution in [-0.2, 0) is 6.42 Å². The Hall–Kier alpha value is -1.03. The Morgan fingerprint density at radius 2 is 2.26 bits per heavy atom. The Balaban J connectivity index is 1.78. The Bertz CT molecular complexity index is 471. The van der Waals surface area contributed by atoms with Gasteiger partial charge in [-0.3, -0.25) is 4.99 Å². The van der Waals surface area contributed by atoms with Crippen LogP contribution >= 0.6 is 11.8 Å². The minimum absolute atomic E-state index is 0.162. The molecule has 2 rings (SSSR count). The number of benzene rings is 1. The van der Waals surface area contributed by atoms with Crippen LogP contribution in [-0.4, -0.2) is 23.5 Å². The highest BCUT2D eigenvalue weighted by Crippen LogP contribution is 2.25. The zero-order valence-corrected chi connectivity index (χ0v) is 12.6. The molecule has 0 saturated carbocycles. The van der Waals surface area contributed by atoms with Crippen LogP contribution in [0.1, 0.15) is 25.0 Å². The minimum atomic E-state index is -0.162. The lowest BCUT2D eigenvalue weighted by molar-refractivity contribution is 0.621. The zero-order valence-electron chi connectivity index (χ0n) is 11.7. The van der Waals surface area contributed by atoms with E-state index in [0.717, 1.165) is 30.2 Å². The molecule has 0 amide bonds. The van der Waals surface area contributed by atoms with E-state index in [2.05, 4.69) is 24.2 Å². The van der Waals surface area contributed by atoms with E-state index in [-0.39, 0.29) is 5.82 Å². The van der Waals surface area contributed by atoms with Crippen molar-refractivity contribution >= 4 is 16.9 Å². The van der Waals surface area contributed by atoms with E-state index < -0.39 is 0 Å². The lowest BCUT2D eigenvalue weighted by Crippen LogP contribution is -2.23. The molecule has 0 aliphatic carbocycles. The molecule has 1 unspecified atom stereocenters. The molecule has 0 radical (unpaired) electrons. The highest BCUT2D eigenvalue weighted by atomic mass is 32.2. The van der Waals surface area contributed by atoms with Crippen LogP contribution in [0.3, 0.4) is 0 Å². The second kappa shape index (κ2) is 6.42. The van der Waals surface area contributed by atoms with Gasteiger partial charge in [0.1, 0.15) is 5.82 Å². The van der Waals surface area contributed by atoms with Crippen molar-refractivity contribution in [2.45, 2.75) is 32.4 Å². The molecule has 1 aliphatic heterocycles. The molecule has 0 fully saturated rings. The second-order valence-electron chi connectivity index (χ2n) is 5.29. The number of hydrogen-bond acceptors (Lipinski definition) is 3. The molecule has 4 heteroatoms. The fraction of sp³-hybridized carbons (Fsp3) is 0.533. The number of halogens is 1. The quantitative estimate of drug-likeness (QED) is 0.914. The monoisotopic (exact) mass is 280 g/mol. The van der Waals surface area contributed by atoms with Crippen LogP contribution in [0.15, 0.2) is 23.2 Å². The summed E-state index contributed by atoms with van der Waals surface area (Å²) in [5.41, 5.74) is 2.21. The molecule has 0 aromatic heterocycles. The number of thioether (sulfide) groups is 1. The van der Waals surface area contributed by atoms with Crippen molar-refractivity contribution < 1.29 is 4.39 Å². The molecule has 0 spiro atoms. The molecule has 0 bridgehead atoms. The van der Waals surface area contributed by atoms with Crippen LogP contribution < -0.4 is 5.32 Å². The maximum atomic E-state index is 13.0. The summed E-state index contributed by atoms with van der Waals surface area (Å²) in [4.78, 5) is 4.51. The average Bonchev–Trinajstić information content (AvgIpc) is 2.81. The Morgan fingerprint density at radius 3 is 2.89 bits per heavy atom. The predicted octanol–water partition coefficient (Wildman–Crippen LogP) is 3.39. The van der Waals surface area contributed by atoms with Gasteiger partial charge in [-0.05, 0) is 42.5 Å². The van der Waals surface area contributed by atoms with Crippen molar-refractivity contribution in [2.75, 3.05) is 13.1 Å². The summed E-state index contributed by atoms with van der Waals surface area (Å²) in [7, 11) is 0. The van der Waals surface area contributed by atoms with E-state index in [9.17, 15) is 4.39 Å². The second-order valence-corrected chi connectivity index (χ2v) is 6.52. The van der Waals surface area contributed by atoms with Crippen molar-refractivity contribution in [3.05, 3.63) is 35.1 Å². The molecule has 1 aromatic carbocycles. The lowest BCUT2D eigenvalue weighted by atomic mass is 10.1. The van der Waals surface area contributed by atoms with Crippen molar-refractivity contribution in [3.63, 3.8) is 0 Å². The van der Waals surface area contributed by atoms with E-state index in [1.165, 1.54) is 11.6 Å². The maximum absolute atomic E-state index is 13.0. The molecule has 2 nitrogen and oxygen atoms in total. The smallest absolute Gasteiger partial charge is 0.156 e. The summed E-state index contributed by atoms with van der Waals surface area (Å²) in [6.07, 6.45) is 0.901. The van der Waals surface area contributed by atoms with E-state index in [0.29, 0.717) is 11.2 Å². The molecule has 0 saturated heterocycles. The molecule has 1 heterocycles. The van der Waals surface area contributed by atoms with Crippen molar-refractivity contribution in [1.82, 2.24) is 5.32 Å². The van der Waals surface area contributed by atoms with Gasteiger partial charge in [0.15, 0.2) is 5.17 Å². The third kappa shape index (κ3) is 3.96. The molecular weight excluding hydrogens is 259 g/mol. The van der Waals surface area contributed by atoms with Gasteiger partial charge in [-0.2, -0.15) is 0 Å². The Kier molecular flexibility index (Phi) is 4.86. The highest BCUT2D eigenvalue weighted by molar-refractivity contribution is 8.14. The third-order valence-corrected chi connectivity index (χ3v) is 4.89. The maximum Gasteiger partial charge on any atom is 0.156 e. The van der Waals surface area contributed by atoms with E-state index >= 15 is 0 Å². The summed E-state index contributed by atoms with van der Waals surface area (Å²) < 4.78 is 13.0.